The van der Waals surface area contributed by atoms with Crippen molar-refractivity contribution in [3.63, 3.8) is 0 Å². The van der Waals surface area contributed by atoms with E-state index in [0.717, 1.165) is 19.4 Å². The Morgan fingerprint density at radius 2 is 2.00 bits per heavy atom. The molecule has 2 rings (SSSR count). The van der Waals surface area contributed by atoms with Gasteiger partial charge in [0, 0.05) is 26.2 Å². The van der Waals surface area contributed by atoms with Crippen LogP contribution in [0.4, 0.5) is 0 Å². The standard InChI is InChI=1S/C12H22N2O3.ClH/c13-8-11-9-14(4-6-17-11)12(15)7-10-3-1-2-5-16-10;/h10-11H,1-9,13H2;1H. The molecule has 2 aliphatic rings. The number of hydrogen-bond acceptors (Lipinski definition) is 4. The van der Waals surface area contributed by atoms with Gasteiger partial charge in [-0.25, -0.2) is 0 Å². The summed E-state index contributed by atoms with van der Waals surface area (Å²) < 4.78 is 11.0. The van der Waals surface area contributed by atoms with Crippen molar-refractivity contribution in [2.45, 2.75) is 37.9 Å². The Morgan fingerprint density at radius 1 is 1.22 bits per heavy atom. The number of carbonyl (C=O) groups excluding carboxylic acids is 1. The van der Waals surface area contributed by atoms with Gasteiger partial charge in [-0.2, -0.15) is 0 Å². The maximum absolute atomic E-state index is 12.1. The highest BCUT2D eigenvalue weighted by atomic mass is 35.5. The fourth-order valence-corrected chi connectivity index (χ4v) is 2.38. The molecule has 2 unspecified atom stereocenters. The number of ether oxygens (including phenoxy) is 2. The van der Waals surface area contributed by atoms with Crippen LogP contribution in [0.1, 0.15) is 25.7 Å². The third-order valence-electron chi connectivity index (χ3n) is 3.43. The van der Waals surface area contributed by atoms with Gasteiger partial charge in [0.15, 0.2) is 0 Å². The van der Waals surface area contributed by atoms with Gasteiger partial charge in [-0.15, -0.1) is 12.4 Å². The lowest BCUT2D eigenvalue weighted by Gasteiger charge is -2.33. The van der Waals surface area contributed by atoms with Crippen molar-refractivity contribution in [2.24, 2.45) is 5.73 Å². The molecular formula is C12H23ClN2O3. The summed E-state index contributed by atoms with van der Waals surface area (Å²) in [4.78, 5) is 13.9. The van der Waals surface area contributed by atoms with E-state index in [4.69, 9.17) is 15.2 Å². The number of amides is 1. The summed E-state index contributed by atoms with van der Waals surface area (Å²) in [6.45, 7) is 3.18. The van der Waals surface area contributed by atoms with Crippen LogP contribution in [0.15, 0.2) is 0 Å². The molecule has 1 amide bonds. The van der Waals surface area contributed by atoms with Crippen LogP contribution in [0.5, 0.6) is 0 Å². The third-order valence-corrected chi connectivity index (χ3v) is 3.43. The average molecular weight is 279 g/mol. The molecule has 106 valence electrons. The molecule has 2 aliphatic heterocycles. The predicted octanol–water partition coefficient (Wildman–Crippen LogP) is 0.553. The molecule has 18 heavy (non-hydrogen) atoms. The summed E-state index contributed by atoms with van der Waals surface area (Å²) >= 11 is 0. The van der Waals surface area contributed by atoms with Gasteiger partial charge in [-0.3, -0.25) is 4.79 Å². The van der Waals surface area contributed by atoms with Crippen LogP contribution in [-0.4, -0.2) is 55.9 Å². The number of halogens is 1. The molecule has 0 aliphatic carbocycles. The summed E-state index contributed by atoms with van der Waals surface area (Å²) in [5.74, 6) is 0.179. The van der Waals surface area contributed by atoms with Gasteiger partial charge >= 0.3 is 0 Å². The van der Waals surface area contributed by atoms with Crippen LogP contribution < -0.4 is 5.73 Å². The first-order chi connectivity index (χ1) is 8.29. The summed E-state index contributed by atoms with van der Waals surface area (Å²) in [5, 5.41) is 0. The number of hydrogen-bond donors (Lipinski definition) is 1. The minimum Gasteiger partial charge on any atom is -0.378 e. The lowest BCUT2D eigenvalue weighted by molar-refractivity contribution is -0.142. The highest BCUT2D eigenvalue weighted by Gasteiger charge is 2.26. The van der Waals surface area contributed by atoms with Crippen LogP contribution in [0, 0.1) is 0 Å². The second-order valence-electron chi connectivity index (χ2n) is 4.76. The van der Waals surface area contributed by atoms with Crippen LogP contribution in [0.25, 0.3) is 0 Å². The van der Waals surface area contributed by atoms with Gasteiger partial charge in [-0.1, -0.05) is 0 Å². The van der Waals surface area contributed by atoms with Crippen molar-refractivity contribution in [1.29, 1.82) is 0 Å². The van der Waals surface area contributed by atoms with E-state index in [1.165, 1.54) is 6.42 Å². The van der Waals surface area contributed by atoms with Crippen molar-refractivity contribution in [1.82, 2.24) is 4.90 Å². The van der Waals surface area contributed by atoms with Gasteiger partial charge in [0.1, 0.15) is 0 Å². The maximum atomic E-state index is 12.1. The normalized spacial score (nSPS) is 28.6. The summed E-state index contributed by atoms with van der Waals surface area (Å²) in [6, 6.07) is 0. The second kappa shape index (κ2) is 7.94. The molecular weight excluding hydrogens is 256 g/mol. The largest absolute Gasteiger partial charge is 0.378 e. The van der Waals surface area contributed by atoms with E-state index < -0.39 is 0 Å². The topological polar surface area (TPSA) is 64.8 Å². The zero-order chi connectivity index (χ0) is 12.1. The van der Waals surface area contributed by atoms with Crippen molar-refractivity contribution < 1.29 is 14.3 Å². The zero-order valence-electron chi connectivity index (χ0n) is 10.7. The Balaban J connectivity index is 0.00000162. The van der Waals surface area contributed by atoms with E-state index in [1.54, 1.807) is 0 Å². The first-order valence-corrected chi connectivity index (χ1v) is 6.50. The molecule has 2 saturated heterocycles. The molecule has 5 nitrogen and oxygen atoms in total. The zero-order valence-corrected chi connectivity index (χ0v) is 11.5. The van der Waals surface area contributed by atoms with E-state index in [1.807, 2.05) is 4.90 Å². The fourth-order valence-electron chi connectivity index (χ4n) is 2.38. The van der Waals surface area contributed by atoms with E-state index in [2.05, 4.69) is 0 Å². The molecule has 2 atom stereocenters. The fraction of sp³-hybridized carbons (Fsp3) is 0.917. The Bertz CT molecular complexity index is 260. The molecule has 0 aromatic rings. The Kier molecular flexibility index (Phi) is 6.92. The SMILES string of the molecule is Cl.NCC1CN(C(=O)CC2CCCCO2)CCO1. The number of rotatable bonds is 3. The molecule has 0 bridgehead atoms. The van der Waals surface area contributed by atoms with Crippen LogP contribution >= 0.6 is 12.4 Å². The molecule has 0 radical (unpaired) electrons. The molecule has 0 spiro atoms. The van der Waals surface area contributed by atoms with Gasteiger partial charge in [0.05, 0.1) is 25.2 Å². The van der Waals surface area contributed by atoms with Crippen molar-refractivity contribution in [3.8, 4) is 0 Å². The summed E-state index contributed by atoms with van der Waals surface area (Å²) in [6.07, 6.45) is 3.94. The monoisotopic (exact) mass is 278 g/mol. The smallest absolute Gasteiger partial charge is 0.225 e. The van der Waals surface area contributed by atoms with Gasteiger partial charge in [0.2, 0.25) is 5.91 Å². The maximum Gasteiger partial charge on any atom is 0.225 e. The molecule has 0 aromatic heterocycles. The molecule has 6 heteroatoms. The number of nitrogens with zero attached hydrogens (tertiary/aromatic N) is 1. The summed E-state index contributed by atoms with van der Waals surface area (Å²) in [5.41, 5.74) is 5.56. The number of morpholine rings is 1. The van der Waals surface area contributed by atoms with Gasteiger partial charge in [-0.05, 0) is 19.3 Å². The Labute approximate surface area is 114 Å². The lowest BCUT2D eigenvalue weighted by atomic mass is 10.1. The van der Waals surface area contributed by atoms with E-state index >= 15 is 0 Å². The highest BCUT2D eigenvalue weighted by molar-refractivity contribution is 5.85. The molecule has 2 heterocycles. The van der Waals surface area contributed by atoms with Crippen molar-refractivity contribution >= 4 is 18.3 Å². The van der Waals surface area contributed by atoms with E-state index in [0.29, 0.717) is 32.7 Å². The molecule has 0 aromatic carbocycles. The third kappa shape index (κ3) is 4.39. The van der Waals surface area contributed by atoms with Gasteiger partial charge < -0.3 is 20.1 Å². The van der Waals surface area contributed by atoms with Crippen LogP contribution in [0.2, 0.25) is 0 Å². The van der Waals surface area contributed by atoms with Gasteiger partial charge in [0.25, 0.3) is 0 Å². The van der Waals surface area contributed by atoms with E-state index in [9.17, 15) is 4.79 Å². The molecule has 0 saturated carbocycles. The first-order valence-electron chi connectivity index (χ1n) is 6.50. The molecule has 2 fully saturated rings. The quantitative estimate of drug-likeness (QED) is 0.819. The lowest BCUT2D eigenvalue weighted by Crippen LogP contribution is -2.48. The predicted molar refractivity (Wildman–Crippen MR) is 70.8 cm³/mol. The number of carbonyl (C=O) groups is 1. The Morgan fingerprint density at radius 3 is 2.67 bits per heavy atom. The van der Waals surface area contributed by atoms with Crippen LogP contribution in [0.3, 0.4) is 0 Å². The highest BCUT2D eigenvalue weighted by Crippen LogP contribution is 2.17. The minimum absolute atomic E-state index is 0. The van der Waals surface area contributed by atoms with E-state index in [-0.39, 0.29) is 30.5 Å². The Hall–Kier alpha value is -0.360. The average Bonchev–Trinajstić information content (AvgIpc) is 2.40. The minimum atomic E-state index is -0.0000239. The number of nitrogens with two attached hydrogens (primary N) is 1. The molecule has 2 N–H and O–H groups in total. The first kappa shape index (κ1) is 15.7. The van der Waals surface area contributed by atoms with Crippen molar-refractivity contribution in [2.75, 3.05) is 32.8 Å². The van der Waals surface area contributed by atoms with Crippen LogP contribution in [-0.2, 0) is 14.3 Å². The second-order valence-corrected chi connectivity index (χ2v) is 4.76. The van der Waals surface area contributed by atoms with Crippen molar-refractivity contribution in [3.05, 3.63) is 0 Å². The summed E-state index contributed by atoms with van der Waals surface area (Å²) in [7, 11) is 0.